The average Bonchev–Trinajstić information content (AvgIpc) is 2.45. The second-order valence-corrected chi connectivity index (χ2v) is 6.14. The lowest BCUT2D eigenvalue weighted by molar-refractivity contribution is -0.151. The van der Waals surface area contributed by atoms with Crippen molar-refractivity contribution in [2.24, 2.45) is 5.41 Å². The highest BCUT2D eigenvalue weighted by molar-refractivity contribution is 9.09. The van der Waals surface area contributed by atoms with Crippen molar-refractivity contribution in [1.82, 2.24) is 4.90 Å². The molecule has 0 aromatic carbocycles. The van der Waals surface area contributed by atoms with Crippen LogP contribution in [-0.4, -0.2) is 41.9 Å². The van der Waals surface area contributed by atoms with Crippen molar-refractivity contribution < 1.29 is 9.53 Å². The van der Waals surface area contributed by atoms with E-state index in [9.17, 15) is 4.79 Å². The zero-order valence-electron chi connectivity index (χ0n) is 12.6. The van der Waals surface area contributed by atoms with E-state index in [1.54, 1.807) is 0 Å². The van der Waals surface area contributed by atoms with E-state index in [1.165, 1.54) is 6.42 Å². The van der Waals surface area contributed by atoms with Crippen molar-refractivity contribution in [3.05, 3.63) is 0 Å². The van der Waals surface area contributed by atoms with E-state index in [0.29, 0.717) is 6.61 Å². The largest absolute Gasteiger partial charge is 0.465 e. The maximum atomic E-state index is 12.1. The minimum absolute atomic E-state index is 0.0229. The van der Waals surface area contributed by atoms with Crippen molar-refractivity contribution >= 4 is 21.9 Å². The number of esters is 1. The molecule has 0 amide bonds. The Morgan fingerprint density at radius 3 is 2.53 bits per heavy atom. The lowest BCUT2D eigenvalue weighted by atomic mass is 9.83. The second kappa shape index (κ2) is 8.25. The summed E-state index contributed by atoms with van der Waals surface area (Å²) in [5.74, 6) is -0.0297. The van der Waals surface area contributed by atoms with E-state index in [2.05, 4.69) is 34.7 Å². The smallest absolute Gasteiger partial charge is 0.323 e. The molecular weight excluding hydrogens is 306 g/mol. The van der Waals surface area contributed by atoms with Crippen LogP contribution in [0.15, 0.2) is 0 Å². The Labute approximate surface area is 126 Å². The molecule has 112 valence electrons. The Balaban J connectivity index is 2.73. The molecule has 0 bridgehead atoms. The maximum absolute atomic E-state index is 12.1. The van der Waals surface area contributed by atoms with Crippen LogP contribution in [0.5, 0.6) is 0 Å². The van der Waals surface area contributed by atoms with E-state index in [0.717, 1.165) is 44.1 Å². The van der Waals surface area contributed by atoms with Gasteiger partial charge in [-0.15, -0.1) is 0 Å². The van der Waals surface area contributed by atoms with Gasteiger partial charge in [-0.25, -0.2) is 0 Å². The van der Waals surface area contributed by atoms with Crippen LogP contribution in [0.3, 0.4) is 0 Å². The third-order valence-electron chi connectivity index (χ3n) is 4.49. The van der Waals surface area contributed by atoms with Gasteiger partial charge in [0.15, 0.2) is 0 Å². The van der Waals surface area contributed by atoms with Crippen LogP contribution in [-0.2, 0) is 9.53 Å². The van der Waals surface area contributed by atoms with Crippen molar-refractivity contribution in [2.75, 3.05) is 25.0 Å². The quantitative estimate of drug-likeness (QED) is 0.526. The van der Waals surface area contributed by atoms with Crippen molar-refractivity contribution in [1.29, 1.82) is 0 Å². The number of carbonyl (C=O) groups excluding carboxylic acids is 1. The molecule has 0 spiro atoms. The molecule has 0 aromatic heterocycles. The van der Waals surface area contributed by atoms with Gasteiger partial charge in [-0.3, -0.25) is 9.69 Å². The summed E-state index contributed by atoms with van der Waals surface area (Å²) in [5, 5.41) is 0.999. The SMILES string of the molecule is CCOC(=O)C1CCCCN1CC(CC)(CC)CBr. The van der Waals surface area contributed by atoms with Gasteiger partial charge < -0.3 is 4.74 Å². The van der Waals surface area contributed by atoms with Crippen molar-refractivity contribution in [3.63, 3.8) is 0 Å². The first-order valence-corrected chi connectivity index (χ1v) is 8.71. The molecule has 0 aliphatic carbocycles. The van der Waals surface area contributed by atoms with Gasteiger partial charge in [-0.1, -0.05) is 36.2 Å². The summed E-state index contributed by atoms with van der Waals surface area (Å²) in [6.07, 6.45) is 5.56. The zero-order chi connectivity index (χ0) is 14.3. The topological polar surface area (TPSA) is 29.5 Å². The van der Waals surface area contributed by atoms with E-state index < -0.39 is 0 Å². The molecule has 19 heavy (non-hydrogen) atoms. The molecule has 1 fully saturated rings. The van der Waals surface area contributed by atoms with Crippen LogP contribution < -0.4 is 0 Å². The number of hydrogen-bond acceptors (Lipinski definition) is 3. The zero-order valence-corrected chi connectivity index (χ0v) is 14.2. The second-order valence-electron chi connectivity index (χ2n) is 5.57. The highest BCUT2D eigenvalue weighted by Gasteiger charge is 2.35. The molecule has 0 saturated carbocycles. The molecule has 1 saturated heterocycles. The van der Waals surface area contributed by atoms with Gasteiger partial charge in [0, 0.05) is 11.9 Å². The Kier molecular flexibility index (Phi) is 7.37. The molecule has 4 heteroatoms. The normalized spacial score (nSPS) is 21.4. The number of alkyl halides is 1. The van der Waals surface area contributed by atoms with Gasteiger partial charge in [0.1, 0.15) is 6.04 Å². The van der Waals surface area contributed by atoms with Crippen LogP contribution in [0.1, 0.15) is 52.9 Å². The van der Waals surface area contributed by atoms with E-state index >= 15 is 0 Å². The predicted octanol–water partition coefficient (Wildman–Crippen LogP) is 3.61. The number of likely N-dealkylation sites (tertiary alicyclic amines) is 1. The third-order valence-corrected chi connectivity index (χ3v) is 5.68. The number of nitrogens with zero attached hydrogens (tertiary/aromatic N) is 1. The van der Waals surface area contributed by atoms with Gasteiger partial charge in [-0.05, 0) is 44.6 Å². The first-order valence-electron chi connectivity index (χ1n) is 7.59. The fourth-order valence-corrected chi connectivity index (χ4v) is 3.79. The monoisotopic (exact) mass is 333 g/mol. The van der Waals surface area contributed by atoms with Crippen molar-refractivity contribution in [2.45, 2.75) is 58.9 Å². The minimum atomic E-state index is -0.0297. The summed E-state index contributed by atoms with van der Waals surface area (Å²) in [5.41, 5.74) is 0.280. The molecule has 1 unspecified atom stereocenters. The number of piperidine rings is 1. The van der Waals surface area contributed by atoms with Crippen LogP contribution in [0.25, 0.3) is 0 Å². The molecule has 1 rings (SSSR count). The Morgan fingerprint density at radius 1 is 1.32 bits per heavy atom. The van der Waals surface area contributed by atoms with E-state index in [4.69, 9.17) is 4.74 Å². The molecule has 1 aliphatic rings. The standard InChI is InChI=1S/C15H28BrNO2/c1-4-15(5-2,11-16)12-17-10-8-7-9-13(17)14(18)19-6-3/h13H,4-12H2,1-3H3. The summed E-state index contributed by atoms with van der Waals surface area (Å²) in [6.45, 7) is 8.87. The number of halogens is 1. The molecule has 1 heterocycles. The minimum Gasteiger partial charge on any atom is -0.465 e. The summed E-state index contributed by atoms with van der Waals surface area (Å²) in [7, 11) is 0. The summed E-state index contributed by atoms with van der Waals surface area (Å²) < 4.78 is 5.23. The fourth-order valence-electron chi connectivity index (χ4n) is 2.82. The van der Waals surface area contributed by atoms with Crippen LogP contribution in [0, 0.1) is 5.41 Å². The third kappa shape index (κ3) is 4.45. The fraction of sp³-hybridized carbons (Fsp3) is 0.933. The Hall–Kier alpha value is -0.0900. The first-order chi connectivity index (χ1) is 9.12. The first kappa shape index (κ1) is 17.0. The van der Waals surface area contributed by atoms with Gasteiger partial charge in [0.2, 0.25) is 0 Å². The Bertz CT molecular complexity index is 271. The maximum Gasteiger partial charge on any atom is 0.323 e. The molecule has 0 N–H and O–H groups in total. The summed E-state index contributed by atoms with van der Waals surface area (Å²) in [6, 6.07) is -0.0229. The number of hydrogen-bond donors (Lipinski definition) is 0. The Morgan fingerprint density at radius 2 is 2.00 bits per heavy atom. The van der Waals surface area contributed by atoms with Gasteiger partial charge in [0.25, 0.3) is 0 Å². The van der Waals surface area contributed by atoms with Crippen LogP contribution >= 0.6 is 15.9 Å². The average molecular weight is 334 g/mol. The lowest BCUT2D eigenvalue weighted by Crippen LogP contribution is -2.50. The molecule has 1 aliphatic heterocycles. The van der Waals surface area contributed by atoms with E-state index in [1.807, 2.05) is 6.92 Å². The lowest BCUT2D eigenvalue weighted by Gasteiger charge is -2.41. The van der Waals surface area contributed by atoms with Crippen LogP contribution in [0.2, 0.25) is 0 Å². The molecule has 0 aromatic rings. The summed E-state index contributed by atoms with van der Waals surface area (Å²) >= 11 is 3.67. The molecular formula is C15H28BrNO2. The number of ether oxygens (including phenoxy) is 1. The number of rotatable bonds is 7. The van der Waals surface area contributed by atoms with Crippen molar-refractivity contribution in [3.8, 4) is 0 Å². The molecule has 3 nitrogen and oxygen atoms in total. The van der Waals surface area contributed by atoms with Gasteiger partial charge >= 0.3 is 5.97 Å². The number of carbonyl (C=O) groups is 1. The van der Waals surface area contributed by atoms with Gasteiger partial charge in [-0.2, -0.15) is 0 Å². The highest BCUT2D eigenvalue weighted by atomic mass is 79.9. The molecule has 1 atom stereocenters. The molecule has 0 radical (unpaired) electrons. The highest BCUT2D eigenvalue weighted by Crippen LogP contribution is 2.32. The van der Waals surface area contributed by atoms with E-state index in [-0.39, 0.29) is 17.4 Å². The summed E-state index contributed by atoms with van der Waals surface area (Å²) in [4.78, 5) is 14.4. The predicted molar refractivity (Wildman–Crippen MR) is 82.7 cm³/mol. The van der Waals surface area contributed by atoms with Crippen LogP contribution in [0.4, 0.5) is 0 Å². The van der Waals surface area contributed by atoms with Gasteiger partial charge in [0.05, 0.1) is 6.61 Å².